The highest BCUT2D eigenvalue weighted by atomic mass is 15.3. The predicted octanol–water partition coefficient (Wildman–Crippen LogP) is 1.20. The number of aromatic nitrogens is 3. The van der Waals surface area contributed by atoms with Crippen LogP contribution in [0, 0.1) is 5.41 Å². The summed E-state index contributed by atoms with van der Waals surface area (Å²) in [5.74, 6) is 1.45. The van der Waals surface area contributed by atoms with Crippen LogP contribution in [-0.4, -0.2) is 32.0 Å². The summed E-state index contributed by atoms with van der Waals surface area (Å²) in [5.41, 5.74) is 2.28. The van der Waals surface area contributed by atoms with Gasteiger partial charge in [-0.25, -0.2) is 4.98 Å². The summed E-state index contributed by atoms with van der Waals surface area (Å²) in [5, 5.41) is 12.4. The van der Waals surface area contributed by atoms with Crippen LogP contribution in [0.5, 0.6) is 0 Å². The van der Waals surface area contributed by atoms with Gasteiger partial charge in [-0.3, -0.25) is 10.1 Å². The van der Waals surface area contributed by atoms with Crippen molar-refractivity contribution in [2.45, 2.75) is 13.0 Å². The van der Waals surface area contributed by atoms with Crippen LogP contribution in [-0.2, 0) is 20.0 Å². The maximum absolute atomic E-state index is 8.14. The molecule has 1 aliphatic rings. The maximum Gasteiger partial charge on any atom is 0.152 e. The van der Waals surface area contributed by atoms with Gasteiger partial charge in [0.2, 0.25) is 0 Å². The number of amidine groups is 1. The molecule has 0 atom stereocenters. The third-order valence-electron chi connectivity index (χ3n) is 3.20. The van der Waals surface area contributed by atoms with E-state index in [0.29, 0.717) is 5.84 Å². The summed E-state index contributed by atoms with van der Waals surface area (Å²) in [7, 11) is 1.87. The SMILES string of the molecule is Cn1cnc(CCN2Cc3ccccc3C2=N)n1. The Morgan fingerprint density at radius 2 is 2.17 bits per heavy atom. The second-order valence-corrected chi connectivity index (χ2v) is 4.51. The van der Waals surface area contributed by atoms with Crippen LogP contribution >= 0.6 is 0 Å². The molecule has 92 valence electrons. The Balaban J connectivity index is 1.68. The Kier molecular flexibility index (Phi) is 2.59. The van der Waals surface area contributed by atoms with E-state index in [-0.39, 0.29) is 0 Å². The number of nitrogens with one attached hydrogen (secondary N) is 1. The molecule has 3 rings (SSSR count). The fourth-order valence-electron chi connectivity index (χ4n) is 2.27. The van der Waals surface area contributed by atoms with Gasteiger partial charge >= 0.3 is 0 Å². The molecule has 5 nitrogen and oxygen atoms in total. The van der Waals surface area contributed by atoms with Crippen LogP contribution in [0.4, 0.5) is 0 Å². The highest BCUT2D eigenvalue weighted by molar-refractivity contribution is 6.00. The van der Waals surface area contributed by atoms with Gasteiger partial charge < -0.3 is 4.90 Å². The molecule has 0 bridgehead atoms. The lowest BCUT2D eigenvalue weighted by Crippen LogP contribution is -2.26. The molecule has 0 saturated carbocycles. The number of aryl methyl sites for hydroxylation is 1. The van der Waals surface area contributed by atoms with Gasteiger partial charge in [0.25, 0.3) is 0 Å². The van der Waals surface area contributed by atoms with E-state index in [2.05, 4.69) is 21.0 Å². The molecule has 0 fully saturated rings. The Hall–Kier alpha value is -2.17. The van der Waals surface area contributed by atoms with Gasteiger partial charge in [-0.05, 0) is 5.56 Å². The highest BCUT2D eigenvalue weighted by Crippen LogP contribution is 2.21. The summed E-state index contributed by atoms with van der Waals surface area (Å²) in [6.07, 6.45) is 2.48. The van der Waals surface area contributed by atoms with Gasteiger partial charge in [0, 0.05) is 32.1 Å². The van der Waals surface area contributed by atoms with E-state index < -0.39 is 0 Å². The van der Waals surface area contributed by atoms with Crippen molar-refractivity contribution in [1.29, 1.82) is 5.41 Å². The van der Waals surface area contributed by atoms with Crippen molar-refractivity contribution in [3.8, 4) is 0 Å². The molecule has 1 aliphatic heterocycles. The van der Waals surface area contributed by atoms with E-state index >= 15 is 0 Å². The number of hydrogen-bond donors (Lipinski definition) is 1. The molecule has 2 aromatic rings. The zero-order valence-electron chi connectivity index (χ0n) is 10.3. The molecular formula is C13H15N5. The molecule has 0 radical (unpaired) electrons. The first kappa shape index (κ1) is 11.0. The molecule has 18 heavy (non-hydrogen) atoms. The summed E-state index contributed by atoms with van der Waals surface area (Å²) in [6.45, 7) is 1.61. The lowest BCUT2D eigenvalue weighted by atomic mass is 10.1. The van der Waals surface area contributed by atoms with Crippen LogP contribution in [0.25, 0.3) is 0 Å². The Bertz CT molecular complexity index is 587. The minimum Gasteiger partial charge on any atom is -0.352 e. The summed E-state index contributed by atoms with van der Waals surface area (Å²) in [4.78, 5) is 6.28. The first-order valence-corrected chi connectivity index (χ1v) is 6.00. The standard InChI is InChI=1S/C13H15N5/c1-17-9-15-12(16-17)6-7-18-8-10-4-2-3-5-11(10)13(18)14/h2-5,9,14H,6-8H2,1H3. The minimum atomic E-state index is 0.613. The zero-order chi connectivity index (χ0) is 12.5. The van der Waals surface area contributed by atoms with Crippen LogP contribution in [0.1, 0.15) is 17.0 Å². The van der Waals surface area contributed by atoms with Crippen molar-refractivity contribution in [2.75, 3.05) is 6.54 Å². The molecule has 0 saturated heterocycles. The van der Waals surface area contributed by atoms with Gasteiger partial charge in [0.15, 0.2) is 5.82 Å². The van der Waals surface area contributed by atoms with Crippen molar-refractivity contribution >= 4 is 5.84 Å². The van der Waals surface area contributed by atoms with E-state index in [1.165, 1.54) is 5.56 Å². The Morgan fingerprint density at radius 1 is 1.33 bits per heavy atom. The molecule has 0 aliphatic carbocycles. The number of benzene rings is 1. The maximum atomic E-state index is 8.14. The molecule has 2 heterocycles. The Labute approximate surface area is 106 Å². The molecule has 5 heteroatoms. The van der Waals surface area contributed by atoms with Gasteiger partial charge in [0.1, 0.15) is 12.2 Å². The quantitative estimate of drug-likeness (QED) is 0.878. The van der Waals surface area contributed by atoms with E-state index in [1.807, 2.05) is 25.2 Å². The zero-order valence-corrected chi connectivity index (χ0v) is 10.3. The molecule has 0 unspecified atom stereocenters. The molecular weight excluding hydrogens is 226 g/mol. The minimum absolute atomic E-state index is 0.613. The van der Waals surface area contributed by atoms with E-state index in [9.17, 15) is 0 Å². The van der Waals surface area contributed by atoms with Crippen molar-refractivity contribution in [1.82, 2.24) is 19.7 Å². The largest absolute Gasteiger partial charge is 0.352 e. The van der Waals surface area contributed by atoms with Gasteiger partial charge in [-0.15, -0.1) is 0 Å². The van der Waals surface area contributed by atoms with E-state index in [4.69, 9.17) is 5.41 Å². The van der Waals surface area contributed by atoms with E-state index in [1.54, 1.807) is 11.0 Å². The number of nitrogens with zero attached hydrogens (tertiary/aromatic N) is 4. The average molecular weight is 241 g/mol. The van der Waals surface area contributed by atoms with Gasteiger partial charge in [-0.1, -0.05) is 24.3 Å². The Morgan fingerprint density at radius 3 is 2.89 bits per heavy atom. The first-order chi connectivity index (χ1) is 8.74. The second-order valence-electron chi connectivity index (χ2n) is 4.51. The highest BCUT2D eigenvalue weighted by Gasteiger charge is 2.23. The van der Waals surface area contributed by atoms with Gasteiger partial charge in [0.05, 0.1) is 0 Å². The van der Waals surface area contributed by atoms with Crippen molar-refractivity contribution in [3.05, 3.63) is 47.5 Å². The summed E-state index contributed by atoms with van der Waals surface area (Å²) in [6, 6.07) is 8.10. The van der Waals surface area contributed by atoms with Crippen molar-refractivity contribution in [2.24, 2.45) is 7.05 Å². The van der Waals surface area contributed by atoms with Crippen LogP contribution in [0.3, 0.4) is 0 Å². The molecule has 0 amide bonds. The fourth-order valence-corrected chi connectivity index (χ4v) is 2.27. The third kappa shape index (κ3) is 1.88. The van der Waals surface area contributed by atoms with Crippen molar-refractivity contribution < 1.29 is 0 Å². The van der Waals surface area contributed by atoms with Crippen LogP contribution in [0.2, 0.25) is 0 Å². The third-order valence-corrected chi connectivity index (χ3v) is 3.20. The number of fused-ring (bicyclic) bond motifs is 1. The fraction of sp³-hybridized carbons (Fsp3) is 0.308. The lowest BCUT2D eigenvalue weighted by Gasteiger charge is -2.16. The summed E-state index contributed by atoms with van der Waals surface area (Å²) < 4.78 is 1.71. The average Bonchev–Trinajstić information content (AvgIpc) is 2.92. The first-order valence-electron chi connectivity index (χ1n) is 6.00. The molecule has 1 aromatic carbocycles. The van der Waals surface area contributed by atoms with Gasteiger partial charge in [-0.2, -0.15) is 5.10 Å². The topological polar surface area (TPSA) is 57.8 Å². The van der Waals surface area contributed by atoms with E-state index in [0.717, 1.165) is 30.9 Å². The molecule has 1 aromatic heterocycles. The van der Waals surface area contributed by atoms with Crippen molar-refractivity contribution in [3.63, 3.8) is 0 Å². The molecule has 0 spiro atoms. The smallest absolute Gasteiger partial charge is 0.152 e. The second kappa shape index (κ2) is 4.25. The summed E-state index contributed by atoms with van der Waals surface area (Å²) >= 11 is 0. The lowest BCUT2D eigenvalue weighted by molar-refractivity contribution is 0.427. The predicted molar refractivity (Wildman–Crippen MR) is 68.4 cm³/mol. The monoisotopic (exact) mass is 241 g/mol. The van der Waals surface area contributed by atoms with Crippen LogP contribution in [0.15, 0.2) is 30.6 Å². The van der Waals surface area contributed by atoms with Crippen LogP contribution < -0.4 is 0 Å². The normalized spacial score (nSPS) is 14.1. The number of hydrogen-bond acceptors (Lipinski definition) is 3. The molecule has 1 N–H and O–H groups in total. The number of rotatable bonds is 3.